The van der Waals surface area contributed by atoms with E-state index in [0.29, 0.717) is 0 Å². The summed E-state index contributed by atoms with van der Waals surface area (Å²) in [5, 5.41) is 0. The minimum absolute atomic E-state index is 0.0781. The lowest BCUT2D eigenvalue weighted by Crippen LogP contribution is -2.16. The van der Waals surface area contributed by atoms with Gasteiger partial charge in [0, 0.05) is 12.4 Å². The molecule has 1 aromatic carbocycles. The summed E-state index contributed by atoms with van der Waals surface area (Å²) in [5.74, 6) is 0.149. The van der Waals surface area contributed by atoms with Crippen LogP contribution in [0.3, 0.4) is 0 Å². The maximum absolute atomic E-state index is 11.9. The number of hydrogen-bond donors (Lipinski definition) is 1. The molecule has 2 aromatic rings. The standard InChI is InChI=1S/C12H13N3O2S/c1-10-3-2-4-11(7-10)9-18(16,17)15-12-8-13-5-6-14-12/h2-8H,9H2,1H3,(H,14,15). The van der Waals surface area contributed by atoms with Crippen molar-refractivity contribution in [1.82, 2.24) is 9.97 Å². The van der Waals surface area contributed by atoms with E-state index in [1.54, 1.807) is 6.07 Å². The molecular formula is C12H13N3O2S. The Balaban J connectivity index is 2.13. The van der Waals surface area contributed by atoms with Gasteiger partial charge in [0.05, 0.1) is 11.9 Å². The minimum Gasteiger partial charge on any atom is -0.266 e. The quantitative estimate of drug-likeness (QED) is 0.911. The molecule has 0 unspecified atom stereocenters. The molecule has 5 nitrogen and oxygen atoms in total. The van der Waals surface area contributed by atoms with Crippen LogP contribution in [0.5, 0.6) is 0 Å². The van der Waals surface area contributed by atoms with Crippen LogP contribution in [0.15, 0.2) is 42.9 Å². The predicted octanol–water partition coefficient (Wildman–Crippen LogP) is 1.73. The van der Waals surface area contributed by atoms with E-state index in [0.717, 1.165) is 11.1 Å². The molecule has 0 radical (unpaired) electrons. The highest BCUT2D eigenvalue weighted by molar-refractivity contribution is 7.91. The zero-order chi connectivity index (χ0) is 13.0. The first-order chi connectivity index (χ1) is 8.55. The number of aryl methyl sites for hydroxylation is 1. The van der Waals surface area contributed by atoms with E-state index in [2.05, 4.69) is 14.7 Å². The third-order valence-electron chi connectivity index (χ3n) is 2.26. The van der Waals surface area contributed by atoms with Crippen LogP contribution >= 0.6 is 0 Å². The second-order valence-electron chi connectivity index (χ2n) is 3.94. The van der Waals surface area contributed by atoms with Crippen molar-refractivity contribution in [1.29, 1.82) is 0 Å². The molecule has 0 saturated heterocycles. The molecule has 6 heteroatoms. The normalized spacial score (nSPS) is 11.2. The molecule has 0 aliphatic heterocycles. The lowest BCUT2D eigenvalue weighted by atomic mass is 10.2. The molecular weight excluding hydrogens is 250 g/mol. The van der Waals surface area contributed by atoms with Crippen molar-refractivity contribution < 1.29 is 8.42 Å². The Bertz CT molecular complexity index is 627. The molecule has 1 N–H and O–H groups in total. The molecule has 0 bridgehead atoms. The Morgan fingerprint density at radius 2 is 2.11 bits per heavy atom. The number of anilines is 1. The fraction of sp³-hybridized carbons (Fsp3) is 0.167. The summed E-state index contributed by atoms with van der Waals surface area (Å²) in [5.41, 5.74) is 1.77. The zero-order valence-corrected chi connectivity index (χ0v) is 10.7. The smallest absolute Gasteiger partial charge is 0.238 e. The minimum atomic E-state index is -3.46. The Morgan fingerprint density at radius 3 is 2.78 bits per heavy atom. The summed E-state index contributed by atoms with van der Waals surface area (Å²) < 4.78 is 26.2. The molecule has 0 aliphatic rings. The highest BCUT2D eigenvalue weighted by atomic mass is 32.2. The number of aromatic nitrogens is 2. The summed E-state index contributed by atoms with van der Waals surface area (Å²) in [6, 6.07) is 7.38. The van der Waals surface area contributed by atoms with Crippen LogP contribution in [0.1, 0.15) is 11.1 Å². The van der Waals surface area contributed by atoms with Crippen molar-refractivity contribution in [2.24, 2.45) is 0 Å². The predicted molar refractivity (Wildman–Crippen MR) is 69.5 cm³/mol. The maximum atomic E-state index is 11.9. The van der Waals surface area contributed by atoms with E-state index >= 15 is 0 Å². The number of sulfonamides is 1. The van der Waals surface area contributed by atoms with Gasteiger partial charge in [0.1, 0.15) is 0 Å². The third kappa shape index (κ3) is 3.53. The molecule has 0 fully saturated rings. The lowest BCUT2D eigenvalue weighted by molar-refractivity contribution is 0.600. The monoisotopic (exact) mass is 263 g/mol. The van der Waals surface area contributed by atoms with Crippen LogP contribution in [0.25, 0.3) is 0 Å². The van der Waals surface area contributed by atoms with Crippen molar-refractivity contribution in [3.8, 4) is 0 Å². The van der Waals surface area contributed by atoms with Crippen LogP contribution in [-0.4, -0.2) is 18.4 Å². The molecule has 18 heavy (non-hydrogen) atoms. The first-order valence-corrected chi connectivity index (χ1v) is 7.02. The molecule has 94 valence electrons. The van der Waals surface area contributed by atoms with Gasteiger partial charge in [-0.3, -0.25) is 9.71 Å². The van der Waals surface area contributed by atoms with Gasteiger partial charge in [0.2, 0.25) is 10.0 Å². The van der Waals surface area contributed by atoms with Crippen molar-refractivity contribution in [3.63, 3.8) is 0 Å². The average molecular weight is 263 g/mol. The molecule has 1 heterocycles. The van der Waals surface area contributed by atoms with Gasteiger partial charge < -0.3 is 0 Å². The fourth-order valence-corrected chi connectivity index (χ4v) is 2.68. The van der Waals surface area contributed by atoms with Gasteiger partial charge in [-0.15, -0.1) is 0 Å². The summed E-state index contributed by atoms with van der Waals surface area (Å²) in [4.78, 5) is 7.67. The number of nitrogens with one attached hydrogen (secondary N) is 1. The number of benzene rings is 1. The lowest BCUT2D eigenvalue weighted by Gasteiger charge is -2.07. The highest BCUT2D eigenvalue weighted by Gasteiger charge is 2.12. The molecule has 0 atom stereocenters. The summed E-state index contributed by atoms with van der Waals surface area (Å²) in [6.07, 6.45) is 4.29. The van der Waals surface area contributed by atoms with Crippen molar-refractivity contribution >= 4 is 15.8 Å². The summed E-state index contributed by atoms with van der Waals surface area (Å²) in [6.45, 7) is 1.92. The Morgan fingerprint density at radius 1 is 1.28 bits per heavy atom. The van der Waals surface area contributed by atoms with E-state index in [1.165, 1.54) is 18.6 Å². The zero-order valence-electron chi connectivity index (χ0n) is 9.87. The summed E-state index contributed by atoms with van der Waals surface area (Å²) >= 11 is 0. The second kappa shape index (κ2) is 5.14. The van der Waals surface area contributed by atoms with Crippen LogP contribution in [0, 0.1) is 6.92 Å². The number of rotatable bonds is 4. The van der Waals surface area contributed by atoms with E-state index < -0.39 is 10.0 Å². The molecule has 2 rings (SSSR count). The van der Waals surface area contributed by atoms with Crippen LogP contribution in [0.2, 0.25) is 0 Å². The van der Waals surface area contributed by atoms with Gasteiger partial charge in [-0.25, -0.2) is 13.4 Å². The van der Waals surface area contributed by atoms with E-state index in [1.807, 2.05) is 25.1 Å². The second-order valence-corrected chi connectivity index (χ2v) is 5.66. The van der Waals surface area contributed by atoms with Crippen LogP contribution < -0.4 is 4.72 Å². The maximum Gasteiger partial charge on any atom is 0.238 e. The van der Waals surface area contributed by atoms with E-state index in [-0.39, 0.29) is 11.6 Å². The molecule has 0 aliphatic carbocycles. The van der Waals surface area contributed by atoms with Crippen molar-refractivity contribution in [3.05, 3.63) is 54.0 Å². The van der Waals surface area contributed by atoms with Crippen LogP contribution in [0.4, 0.5) is 5.82 Å². The molecule has 0 amide bonds. The van der Waals surface area contributed by atoms with Gasteiger partial charge in [-0.05, 0) is 12.5 Å². The number of nitrogens with zero attached hydrogens (tertiary/aromatic N) is 2. The first-order valence-electron chi connectivity index (χ1n) is 5.37. The van der Waals surface area contributed by atoms with Gasteiger partial charge >= 0.3 is 0 Å². The molecule has 0 saturated carbocycles. The Labute approximate surface area is 106 Å². The Kier molecular flexibility index (Phi) is 3.57. The fourth-order valence-electron chi connectivity index (χ4n) is 1.57. The molecule has 1 aromatic heterocycles. The van der Waals surface area contributed by atoms with Gasteiger partial charge in [-0.1, -0.05) is 29.8 Å². The summed E-state index contributed by atoms with van der Waals surface area (Å²) in [7, 11) is -3.46. The Hall–Kier alpha value is -1.95. The van der Waals surface area contributed by atoms with E-state index in [9.17, 15) is 8.42 Å². The van der Waals surface area contributed by atoms with Gasteiger partial charge in [-0.2, -0.15) is 0 Å². The molecule has 0 spiro atoms. The third-order valence-corrected chi connectivity index (χ3v) is 3.50. The first kappa shape index (κ1) is 12.5. The van der Waals surface area contributed by atoms with Crippen LogP contribution in [-0.2, 0) is 15.8 Å². The van der Waals surface area contributed by atoms with Gasteiger partial charge in [0.25, 0.3) is 0 Å². The number of hydrogen-bond acceptors (Lipinski definition) is 4. The van der Waals surface area contributed by atoms with Crippen molar-refractivity contribution in [2.45, 2.75) is 12.7 Å². The largest absolute Gasteiger partial charge is 0.266 e. The SMILES string of the molecule is Cc1cccc(CS(=O)(=O)Nc2cnccn2)c1. The van der Waals surface area contributed by atoms with Gasteiger partial charge in [0.15, 0.2) is 5.82 Å². The average Bonchev–Trinajstić information content (AvgIpc) is 2.28. The van der Waals surface area contributed by atoms with E-state index in [4.69, 9.17) is 0 Å². The topological polar surface area (TPSA) is 72.0 Å². The van der Waals surface area contributed by atoms with Crippen molar-refractivity contribution in [2.75, 3.05) is 4.72 Å². The highest BCUT2D eigenvalue weighted by Crippen LogP contribution is 2.10.